The van der Waals surface area contributed by atoms with E-state index in [0.717, 1.165) is 0 Å². The van der Waals surface area contributed by atoms with E-state index in [9.17, 15) is 9.59 Å². The Morgan fingerprint density at radius 3 is 2.00 bits per heavy atom. The molecule has 1 N–H and O–H groups in total. The Labute approximate surface area is 89.5 Å². The SMILES string of the molecule is CC1=C(C)C(=O)C(CCCO)=C(C)C1=O. The summed E-state index contributed by atoms with van der Waals surface area (Å²) < 4.78 is 0. The second-order valence-electron chi connectivity index (χ2n) is 3.84. The van der Waals surface area contributed by atoms with E-state index in [-0.39, 0.29) is 18.2 Å². The van der Waals surface area contributed by atoms with Crippen molar-refractivity contribution in [1.29, 1.82) is 0 Å². The number of allylic oxidation sites excluding steroid dienone is 4. The molecule has 15 heavy (non-hydrogen) atoms. The third-order valence-corrected chi connectivity index (χ3v) is 2.90. The minimum Gasteiger partial charge on any atom is -0.396 e. The number of carbonyl (C=O) groups excluding carboxylic acids is 2. The van der Waals surface area contributed by atoms with Crippen LogP contribution in [0, 0.1) is 0 Å². The molecule has 0 heterocycles. The number of aliphatic hydroxyl groups excluding tert-OH is 1. The van der Waals surface area contributed by atoms with Gasteiger partial charge in [0.1, 0.15) is 0 Å². The van der Waals surface area contributed by atoms with E-state index >= 15 is 0 Å². The van der Waals surface area contributed by atoms with Gasteiger partial charge in [-0.15, -0.1) is 0 Å². The van der Waals surface area contributed by atoms with Crippen LogP contribution >= 0.6 is 0 Å². The van der Waals surface area contributed by atoms with E-state index < -0.39 is 0 Å². The normalized spacial score (nSPS) is 17.9. The number of ketones is 2. The Balaban J connectivity index is 3.05. The van der Waals surface area contributed by atoms with Crippen LogP contribution < -0.4 is 0 Å². The maximum Gasteiger partial charge on any atom is 0.185 e. The van der Waals surface area contributed by atoms with Gasteiger partial charge in [0.2, 0.25) is 0 Å². The number of Topliss-reactive ketones (excluding diaryl/α,β-unsaturated/α-hetero) is 2. The number of hydrogen-bond donors (Lipinski definition) is 1. The van der Waals surface area contributed by atoms with Gasteiger partial charge in [0, 0.05) is 28.9 Å². The highest BCUT2D eigenvalue weighted by molar-refractivity contribution is 6.24. The van der Waals surface area contributed by atoms with Gasteiger partial charge in [-0.05, 0) is 33.6 Å². The molecule has 0 atom stereocenters. The molecule has 3 nitrogen and oxygen atoms in total. The molecule has 0 spiro atoms. The van der Waals surface area contributed by atoms with Crippen LogP contribution in [0.4, 0.5) is 0 Å². The van der Waals surface area contributed by atoms with Gasteiger partial charge in [0.15, 0.2) is 11.6 Å². The predicted octanol–water partition coefficient (Wildman–Crippen LogP) is 1.56. The monoisotopic (exact) mass is 208 g/mol. The zero-order chi connectivity index (χ0) is 11.6. The van der Waals surface area contributed by atoms with Crippen molar-refractivity contribution in [2.45, 2.75) is 33.6 Å². The van der Waals surface area contributed by atoms with Crippen molar-refractivity contribution in [2.24, 2.45) is 0 Å². The fourth-order valence-electron chi connectivity index (χ4n) is 1.71. The summed E-state index contributed by atoms with van der Waals surface area (Å²) in [4.78, 5) is 23.6. The summed E-state index contributed by atoms with van der Waals surface area (Å²) in [7, 11) is 0. The summed E-state index contributed by atoms with van der Waals surface area (Å²) in [6, 6.07) is 0. The fraction of sp³-hybridized carbons (Fsp3) is 0.500. The molecule has 0 unspecified atom stereocenters. The topological polar surface area (TPSA) is 54.4 Å². The van der Waals surface area contributed by atoms with Crippen molar-refractivity contribution in [1.82, 2.24) is 0 Å². The molecule has 0 amide bonds. The Morgan fingerprint density at radius 2 is 1.47 bits per heavy atom. The Hall–Kier alpha value is -1.22. The van der Waals surface area contributed by atoms with E-state index in [0.29, 0.717) is 35.1 Å². The Morgan fingerprint density at radius 1 is 0.933 bits per heavy atom. The minimum atomic E-state index is -0.0435. The lowest BCUT2D eigenvalue weighted by atomic mass is 9.84. The molecule has 3 heteroatoms. The van der Waals surface area contributed by atoms with Gasteiger partial charge in [0.25, 0.3) is 0 Å². The molecule has 0 radical (unpaired) electrons. The van der Waals surface area contributed by atoms with Crippen molar-refractivity contribution in [3.8, 4) is 0 Å². The zero-order valence-electron chi connectivity index (χ0n) is 9.39. The van der Waals surface area contributed by atoms with Gasteiger partial charge in [0.05, 0.1) is 0 Å². The van der Waals surface area contributed by atoms with Crippen LogP contribution in [0.1, 0.15) is 33.6 Å². The average molecular weight is 208 g/mol. The van der Waals surface area contributed by atoms with Crippen molar-refractivity contribution < 1.29 is 14.7 Å². The Bertz CT molecular complexity index is 372. The summed E-state index contributed by atoms with van der Waals surface area (Å²) in [6.45, 7) is 5.09. The number of rotatable bonds is 3. The highest BCUT2D eigenvalue weighted by atomic mass is 16.3. The maximum absolute atomic E-state index is 11.8. The first-order chi connectivity index (χ1) is 7.00. The largest absolute Gasteiger partial charge is 0.396 e. The molecule has 0 fully saturated rings. The van der Waals surface area contributed by atoms with Crippen LogP contribution in [0.25, 0.3) is 0 Å². The summed E-state index contributed by atoms with van der Waals surface area (Å²) in [6.07, 6.45) is 1.01. The molecule has 1 rings (SSSR count). The smallest absolute Gasteiger partial charge is 0.185 e. The fourth-order valence-corrected chi connectivity index (χ4v) is 1.71. The molecule has 1 aliphatic rings. The highest BCUT2D eigenvalue weighted by Gasteiger charge is 2.26. The molecule has 0 aliphatic heterocycles. The van der Waals surface area contributed by atoms with Crippen LogP contribution in [0.5, 0.6) is 0 Å². The molecule has 0 aromatic heterocycles. The molecular formula is C12H16O3. The summed E-state index contributed by atoms with van der Waals surface area (Å²) in [5.74, 6) is -0.0851. The van der Waals surface area contributed by atoms with Gasteiger partial charge >= 0.3 is 0 Å². The van der Waals surface area contributed by atoms with E-state index in [1.165, 1.54) is 0 Å². The van der Waals surface area contributed by atoms with Crippen LogP contribution in [0.2, 0.25) is 0 Å². The van der Waals surface area contributed by atoms with Gasteiger partial charge in [-0.1, -0.05) is 0 Å². The quantitative estimate of drug-likeness (QED) is 0.716. The van der Waals surface area contributed by atoms with Gasteiger partial charge in [-0.25, -0.2) is 0 Å². The number of hydrogen-bond acceptors (Lipinski definition) is 3. The molecule has 1 aliphatic carbocycles. The summed E-state index contributed by atoms with van der Waals surface area (Å²) >= 11 is 0. The first kappa shape index (κ1) is 11.9. The summed E-state index contributed by atoms with van der Waals surface area (Å²) in [5, 5.41) is 8.72. The lowest BCUT2D eigenvalue weighted by Crippen LogP contribution is -2.20. The lowest BCUT2D eigenvalue weighted by molar-refractivity contribution is -0.116. The highest BCUT2D eigenvalue weighted by Crippen LogP contribution is 2.26. The van der Waals surface area contributed by atoms with Crippen LogP contribution in [0.3, 0.4) is 0 Å². The van der Waals surface area contributed by atoms with Crippen LogP contribution in [-0.4, -0.2) is 23.3 Å². The second kappa shape index (κ2) is 4.53. The van der Waals surface area contributed by atoms with Crippen molar-refractivity contribution in [3.05, 3.63) is 22.3 Å². The van der Waals surface area contributed by atoms with E-state index in [2.05, 4.69) is 0 Å². The van der Waals surface area contributed by atoms with Gasteiger partial charge in [-0.3, -0.25) is 9.59 Å². The standard InChI is InChI=1S/C12H16O3/c1-7-8(2)12(15)10(5-4-6-13)9(3)11(7)14/h13H,4-6H2,1-3H3. The molecule has 0 saturated carbocycles. The molecule has 0 aromatic rings. The minimum absolute atomic E-state index is 0.0416. The van der Waals surface area contributed by atoms with Crippen molar-refractivity contribution in [2.75, 3.05) is 6.61 Å². The zero-order valence-corrected chi connectivity index (χ0v) is 9.39. The molecular weight excluding hydrogens is 192 g/mol. The van der Waals surface area contributed by atoms with E-state index in [1.54, 1.807) is 20.8 Å². The number of aliphatic hydroxyl groups is 1. The predicted molar refractivity (Wildman–Crippen MR) is 57.4 cm³/mol. The maximum atomic E-state index is 11.8. The lowest BCUT2D eigenvalue weighted by Gasteiger charge is -2.18. The van der Waals surface area contributed by atoms with Gasteiger partial charge < -0.3 is 5.11 Å². The number of carbonyl (C=O) groups is 2. The molecule has 0 aromatic carbocycles. The first-order valence-corrected chi connectivity index (χ1v) is 5.08. The summed E-state index contributed by atoms with van der Waals surface area (Å²) in [5.41, 5.74) is 2.19. The van der Waals surface area contributed by atoms with Crippen LogP contribution in [0.15, 0.2) is 22.3 Å². The first-order valence-electron chi connectivity index (χ1n) is 5.08. The van der Waals surface area contributed by atoms with Crippen LogP contribution in [-0.2, 0) is 9.59 Å². The van der Waals surface area contributed by atoms with E-state index in [4.69, 9.17) is 5.11 Å². The van der Waals surface area contributed by atoms with E-state index in [1.807, 2.05) is 0 Å². The second-order valence-corrected chi connectivity index (χ2v) is 3.84. The molecule has 0 saturated heterocycles. The third kappa shape index (κ3) is 2.07. The average Bonchev–Trinajstić information content (AvgIpc) is 2.24. The molecule has 82 valence electrons. The third-order valence-electron chi connectivity index (χ3n) is 2.90. The van der Waals surface area contributed by atoms with Crippen molar-refractivity contribution in [3.63, 3.8) is 0 Å². The van der Waals surface area contributed by atoms with Crippen molar-refractivity contribution >= 4 is 11.6 Å². The van der Waals surface area contributed by atoms with Gasteiger partial charge in [-0.2, -0.15) is 0 Å². The molecule has 0 bridgehead atoms. The Kier molecular flexibility index (Phi) is 3.58.